The van der Waals surface area contributed by atoms with E-state index in [1.54, 1.807) is 0 Å². The first-order valence-corrected chi connectivity index (χ1v) is 9.69. The first kappa shape index (κ1) is 26.3. The van der Waals surface area contributed by atoms with Gasteiger partial charge in [0.25, 0.3) is 0 Å². The van der Waals surface area contributed by atoms with Crippen molar-refractivity contribution in [2.24, 2.45) is 0 Å². The minimum Gasteiger partial charge on any atom is -1.00 e. The van der Waals surface area contributed by atoms with E-state index in [9.17, 15) is 0 Å². The summed E-state index contributed by atoms with van der Waals surface area (Å²) in [6.07, 6.45) is 7.76. The van der Waals surface area contributed by atoms with Gasteiger partial charge in [0.1, 0.15) is 0 Å². The zero-order valence-corrected chi connectivity index (χ0v) is 22.1. The molecule has 0 unspecified atom stereocenters. The van der Waals surface area contributed by atoms with Crippen molar-refractivity contribution in [1.29, 1.82) is 0 Å². The molecule has 0 bridgehead atoms. The molecular formula is C26H29Cl2Zr. The largest absolute Gasteiger partial charge is 3.00 e. The van der Waals surface area contributed by atoms with Crippen LogP contribution >= 0.6 is 0 Å². The number of benzene rings is 2. The van der Waals surface area contributed by atoms with Gasteiger partial charge in [0.05, 0.1) is 0 Å². The van der Waals surface area contributed by atoms with E-state index in [2.05, 4.69) is 96.2 Å². The van der Waals surface area contributed by atoms with Crippen LogP contribution in [0.4, 0.5) is 0 Å². The van der Waals surface area contributed by atoms with Crippen molar-refractivity contribution in [2.75, 3.05) is 0 Å². The van der Waals surface area contributed by atoms with Crippen molar-refractivity contribution < 1.29 is 51.0 Å². The first-order chi connectivity index (χ1) is 12.1. The molecule has 0 amide bonds. The standard InChI is InChI=1S/C26H29.2ClH.Zr/c1-25(2,3)19-12-11-18-13-23-21(17-9-7-8-10-17)15-20(26(4,5)6)16-24(23)22(18)14-19;;;/h7-9,11-16H,10H2,1-6H3;2*1H;/q-1;;;+3/p-2. The molecule has 0 aromatic heterocycles. The fourth-order valence-corrected chi connectivity index (χ4v) is 3.91. The Labute approximate surface area is 207 Å². The van der Waals surface area contributed by atoms with Gasteiger partial charge in [-0.15, -0.1) is 33.7 Å². The number of halogens is 2. The molecule has 0 nitrogen and oxygen atoms in total. The van der Waals surface area contributed by atoms with Crippen molar-refractivity contribution in [1.82, 2.24) is 0 Å². The number of allylic oxidation sites excluding steroid dienone is 4. The number of rotatable bonds is 1. The van der Waals surface area contributed by atoms with Crippen LogP contribution < -0.4 is 24.8 Å². The Balaban J connectivity index is 0.00000140. The van der Waals surface area contributed by atoms with Crippen LogP contribution in [0.5, 0.6) is 0 Å². The van der Waals surface area contributed by atoms with Crippen LogP contribution in [0.1, 0.15) is 64.7 Å². The Kier molecular flexibility index (Phi) is 8.31. The maximum absolute atomic E-state index is 2.43. The van der Waals surface area contributed by atoms with Crippen LogP contribution in [0.3, 0.4) is 0 Å². The van der Waals surface area contributed by atoms with Gasteiger partial charge >= 0.3 is 26.2 Å². The minimum absolute atomic E-state index is 0. The molecule has 0 N–H and O–H groups in total. The zero-order chi connectivity index (χ0) is 18.7. The Morgan fingerprint density at radius 2 is 1.41 bits per heavy atom. The summed E-state index contributed by atoms with van der Waals surface area (Å²) in [6, 6.07) is 14.2. The van der Waals surface area contributed by atoms with E-state index in [0.29, 0.717) is 0 Å². The quantitative estimate of drug-likeness (QED) is 0.443. The third kappa shape index (κ3) is 4.95. The van der Waals surface area contributed by atoms with Gasteiger partial charge in [-0.25, -0.2) is 0 Å². The van der Waals surface area contributed by atoms with E-state index in [1.165, 1.54) is 43.8 Å². The molecule has 3 heteroatoms. The van der Waals surface area contributed by atoms with E-state index in [1.807, 2.05) is 0 Å². The van der Waals surface area contributed by atoms with Crippen LogP contribution in [0, 0.1) is 0 Å². The van der Waals surface area contributed by atoms with E-state index < -0.39 is 0 Å². The van der Waals surface area contributed by atoms with E-state index in [0.717, 1.165) is 6.42 Å². The van der Waals surface area contributed by atoms with Crippen LogP contribution in [0.2, 0.25) is 0 Å². The topological polar surface area (TPSA) is 0 Å². The summed E-state index contributed by atoms with van der Waals surface area (Å²) in [4.78, 5) is 0. The Hall–Kier alpha value is -0.747. The van der Waals surface area contributed by atoms with Gasteiger partial charge in [-0.3, -0.25) is 0 Å². The molecule has 4 rings (SSSR count). The SMILES string of the molecule is CC(C)(C)c1ccc2[cH-]c3c(C4=CC=CC4)cc(C(C)(C)C)cc3c2c1.[Cl-].[Cl-].[Zr+3]. The molecule has 29 heavy (non-hydrogen) atoms. The van der Waals surface area contributed by atoms with Crippen molar-refractivity contribution in [3.63, 3.8) is 0 Å². The second-order valence-corrected chi connectivity index (χ2v) is 9.76. The average molecular weight is 504 g/mol. The van der Waals surface area contributed by atoms with Gasteiger partial charge in [-0.1, -0.05) is 106 Å². The third-order valence-electron chi connectivity index (χ3n) is 5.67. The molecule has 1 aliphatic rings. The van der Waals surface area contributed by atoms with Crippen LogP contribution in [0.15, 0.2) is 54.6 Å². The molecule has 1 aliphatic carbocycles. The normalized spacial score (nSPS) is 13.7. The summed E-state index contributed by atoms with van der Waals surface area (Å²) < 4.78 is 0. The fraction of sp³-hybridized carbons (Fsp3) is 0.346. The number of fused-ring (bicyclic) bond motifs is 3. The van der Waals surface area contributed by atoms with E-state index in [-0.39, 0.29) is 61.8 Å². The van der Waals surface area contributed by atoms with Gasteiger partial charge in [0, 0.05) is 0 Å². The van der Waals surface area contributed by atoms with Crippen molar-refractivity contribution in [3.8, 4) is 0 Å². The maximum atomic E-state index is 2.43. The summed E-state index contributed by atoms with van der Waals surface area (Å²) in [5.41, 5.74) is 5.97. The zero-order valence-electron chi connectivity index (χ0n) is 18.2. The average Bonchev–Trinajstić information content (AvgIpc) is 3.19. The van der Waals surface area contributed by atoms with Gasteiger partial charge in [0.15, 0.2) is 0 Å². The molecule has 0 atom stereocenters. The van der Waals surface area contributed by atoms with Crippen molar-refractivity contribution in [2.45, 2.75) is 58.8 Å². The second kappa shape index (κ2) is 9.17. The molecule has 0 saturated carbocycles. The Bertz CT molecular complexity index is 1070. The van der Waals surface area contributed by atoms with Crippen LogP contribution in [0.25, 0.3) is 27.1 Å². The maximum Gasteiger partial charge on any atom is 3.00 e. The van der Waals surface area contributed by atoms with Gasteiger partial charge in [0.2, 0.25) is 0 Å². The van der Waals surface area contributed by atoms with Gasteiger partial charge in [-0.05, 0) is 17.3 Å². The summed E-state index contributed by atoms with van der Waals surface area (Å²) >= 11 is 0. The number of hydrogen-bond acceptors (Lipinski definition) is 0. The third-order valence-corrected chi connectivity index (χ3v) is 5.67. The van der Waals surface area contributed by atoms with E-state index in [4.69, 9.17) is 0 Å². The van der Waals surface area contributed by atoms with Crippen molar-refractivity contribution in [3.05, 3.63) is 71.3 Å². The molecule has 0 heterocycles. The van der Waals surface area contributed by atoms with E-state index >= 15 is 0 Å². The fourth-order valence-electron chi connectivity index (χ4n) is 3.91. The van der Waals surface area contributed by atoms with Gasteiger partial charge in [-0.2, -0.15) is 0 Å². The number of hydrogen-bond donors (Lipinski definition) is 0. The molecular weight excluding hydrogens is 474 g/mol. The predicted octanol–water partition coefficient (Wildman–Crippen LogP) is 1.66. The smallest absolute Gasteiger partial charge is 1.00 e. The molecule has 0 fully saturated rings. The summed E-state index contributed by atoms with van der Waals surface area (Å²) in [5, 5.41) is 5.55. The monoisotopic (exact) mass is 501 g/mol. The van der Waals surface area contributed by atoms with Crippen LogP contribution in [-0.4, -0.2) is 0 Å². The Morgan fingerprint density at radius 1 is 0.793 bits per heavy atom. The van der Waals surface area contributed by atoms with Crippen molar-refractivity contribution >= 4 is 27.1 Å². The van der Waals surface area contributed by atoms with Crippen LogP contribution in [-0.2, 0) is 37.0 Å². The molecule has 0 aliphatic heterocycles. The van der Waals surface area contributed by atoms with Gasteiger partial charge < -0.3 is 24.8 Å². The summed E-state index contributed by atoms with van der Waals surface area (Å²) in [6.45, 7) is 13.8. The second-order valence-electron chi connectivity index (χ2n) is 9.76. The predicted molar refractivity (Wildman–Crippen MR) is 116 cm³/mol. The molecule has 151 valence electrons. The molecule has 3 aromatic carbocycles. The summed E-state index contributed by atoms with van der Waals surface area (Å²) in [5.74, 6) is 0. The molecule has 0 spiro atoms. The molecule has 1 radical (unpaired) electrons. The molecule has 3 aromatic rings. The first-order valence-electron chi connectivity index (χ1n) is 9.69. The molecule has 0 saturated heterocycles. The Morgan fingerprint density at radius 3 is 1.97 bits per heavy atom. The minimum atomic E-state index is 0. The summed E-state index contributed by atoms with van der Waals surface area (Å²) in [7, 11) is 0.